The third kappa shape index (κ3) is 5.47. The summed E-state index contributed by atoms with van der Waals surface area (Å²) in [4.78, 5) is 0. The Hall–Kier alpha value is -8.02. The van der Waals surface area contributed by atoms with Crippen molar-refractivity contribution >= 4 is 54.4 Å². The van der Waals surface area contributed by atoms with Gasteiger partial charge < -0.3 is 13.6 Å². The Bertz CT molecular complexity index is 3540. The lowest BCUT2D eigenvalue weighted by atomic mass is 10.0. The van der Waals surface area contributed by atoms with E-state index in [9.17, 15) is 0 Å². The molecule has 0 saturated heterocycles. The second-order valence-corrected chi connectivity index (χ2v) is 15.1. The average Bonchev–Trinajstić information content (AvgIpc) is 4.02. The minimum absolute atomic E-state index is 0.497. The van der Waals surface area contributed by atoms with Crippen LogP contribution in [-0.4, -0.2) is 19.3 Å². The summed E-state index contributed by atoms with van der Waals surface area (Å²) in [7, 11) is 0. The van der Waals surface area contributed by atoms with Gasteiger partial charge >= 0.3 is 0 Å². The smallest absolute Gasteiger partial charge is 0.248 e. The largest absolute Gasteiger partial charge is 0.416 e. The number of rotatable bonds is 6. The van der Waals surface area contributed by atoms with Gasteiger partial charge in [-0.1, -0.05) is 115 Å². The standard InChI is InChI=1S/C54H34N4O/c1-2-11-37(12-3-1)53-55-56-54(59-53)38-22-28-44(29-23-38)58-50-17-9-7-15-46(50)48-34-42(25-31-52(48)58)41-24-30-51-47(33-41)45-14-6-8-16-49(45)57(51)43-26-20-36(21-27-43)40-19-18-35-10-4-5-13-39(35)32-40/h1-34H. The van der Waals surface area contributed by atoms with Gasteiger partial charge in [0, 0.05) is 44.0 Å². The molecule has 12 aromatic rings. The maximum atomic E-state index is 6.06. The van der Waals surface area contributed by atoms with Gasteiger partial charge in [-0.15, -0.1) is 10.2 Å². The zero-order chi connectivity index (χ0) is 38.9. The van der Waals surface area contributed by atoms with Crippen molar-refractivity contribution in [1.82, 2.24) is 19.3 Å². The molecule has 3 heterocycles. The molecule has 276 valence electrons. The van der Waals surface area contributed by atoms with E-state index in [1.807, 2.05) is 30.3 Å². The molecule has 0 spiro atoms. The van der Waals surface area contributed by atoms with Crippen molar-refractivity contribution in [2.24, 2.45) is 0 Å². The Labute approximate surface area is 339 Å². The molecule has 0 aliphatic rings. The highest BCUT2D eigenvalue weighted by atomic mass is 16.4. The predicted molar refractivity (Wildman–Crippen MR) is 242 cm³/mol. The molecular formula is C54H34N4O. The normalized spacial score (nSPS) is 11.7. The lowest BCUT2D eigenvalue weighted by molar-refractivity contribution is 0.584. The molecule has 0 atom stereocenters. The van der Waals surface area contributed by atoms with E-state index >= 15 is 0 Å². The fourth-order valence-corrected chi connectivity index (χ4v) is 8.82. The van der Waals surface area contributed by atoms with Gasteiger partial charge in [-0.25, -0.2) is 0 Å². The zero-order valence-corrected chi connectivity index (χ0v) is 31.8. The number of aromatic nitrogens is 4. The number of hydrogen-bond acceptors (Lipinski definition) is 3. The third-order valence-corrected chi connectivity index (χ3v) is 11.7. The van der Waals surface area contributed by atoms with Crippen LogP contribution in [0, 0.1) is 0 Å². The third-order valence-electron chi connectivity index (χ3n) is 11.7. The Morgan fingerprint density at radius 2 is 0.712 bits per heavy atom. The summed E-state index contributed by atoms with van der Waals surface area (Å²) in [5.41, 5.74) is 13.5. The highest BCUT2D eigenvalue weighted by molar-refractivity contribution is 6.12. The molecule has 0 bridgehead atoms. The Kier molecular flexibility index (Phi) is 7.47. The Balaban J connectivity index is 0.910. The first-order valence-corrected chi connectivity index (χ1v) is 19.9. The molecule has 0 N–H and O–H groups in total. The summed E-state index contributed by atoms with van der Waals surface area (Å²) in [6, 6.07) is 73.5. The van der Waals surface area contributed by atoms with E-state index in [1.54, 1.807) is 0 Å². The van der Waals surface area contributed by atoms with Crippen LogP contribution < -0.4 is 0 Å². The van der Waals surface area contributed by atoms with Gasteiger partial charge in [0.15, 0.2) is 0 Å². The topological polar surface area (TPSA) is 48.8 Å². The quantitative estimate of drug-likeness (QED) is 0.170. The number of fused-ring (bicyclic) bond motifs is 7. The zero-order valence-electron chi connectivity index (χ0n) is 31.8. The second kappa shape index (κ2) is 13.3. The fraction of sp³-hybridized carbons (Fsp3) is 0. The first kappa shape index (κ1) is 33.2. The molecule has 0 radical (unpaired) electrons. The minimum Gasteiger partial charge on any atom is -0.416 e. The Morgan fingerprint density at radius 3 is 1.31 bits per heavy atom. The van der Waals surface area contributed by atoms with E-state index in [0.29, 0.717) is 11.8 Å². The summed E-state index contributed by atoms with van der Waals surface area (Å²) in [5.74, 6) is 1.01. The lowest BCUT2D eigenvalue weighted by Crippen LogP contribution is -1.94. The highest BCUT2D eigenvalue weighted by Crippen LogP contribution is 2.39. The van der Waals surface area contributed by atoms with Gasteiger partial charge in [-0.3, -0.25) is 0 Å². The summed E-state index contributed by atoms with van der Waals surface area (Å²) in [6.07, 6.45) is 0. The summed E-state index contributed by atoms with van der Waals surface area (Å²) in [6.45, 7) is 0. The van der Waals surface area contributed by atoms with Crippen molar-refractivity contribution < 1.29 is 4.42 Å². The van der Waals surface area contributed by atoms with Gasteiger partial charge in [-0.05, 0) is 124 Å². The molecule has 0 saturated carbocycles. The van der Waals surface area contributed by atoms with Crippen molar-refractivity contribution in [3.05, 3.63) is 206 Å². The van der Waals surface area contributed by atoms with Gasteiger partial charge in [0.1, 0.15) is 0 Å². The molecule has 0 amide bonds. The molecule has 12 rings (SSSR count). The van der Waals surface area contributed by atoms with Crippen LogP contribution >= 0.6 is 0 Å². The van der Waals surface area contributed by atoms with E-state index in [0.717, 1.165) is 33.5 Å². The summed E-state index contributed by atoms with van der Waals surface area (Å²) in [5, 5.41) is 16.0. The van der Waals surface area contributed by atoms with Crippen molar-refractivity contribution in [3.63, 3.8) is 0 Å². The predicted octanol–water partition coefficient (Wildman–Crippen LogP) is 14.1. The van der Waals surface area contributed by atoms with Crippen LogP contribution in [0.25, 0.3) is 111 Å². The van der Waals surface area contributed by atoms with E-state index in [4.69, 9.17) is 4.42 Å². The van der Waals surface area contributed by atoms with E-state index in [1.165, 1.54) is 65.6 Å². The van der Waals surface area contributed by atoms with Crippen LogP contribution in [0.1, 0.15) is 0 Å². The Morgan fingerprint density at radius 1 is 0.288 bits per heavy atom. The monoisotopic (exact) mass is 754 g/mol. The summed E-state index contributed by atoms with van der Waals surface area (Å²) < 4.78 is 10.8. The van der Waals surface area contributed by atoms with Gasteiger partial charge in [0.25, 0.3) is 0 Å². The van der Waals surface area contributed by atoms with Crippen LogP contribution in [0.2, 0.25) is 0 Å². The van der Waals surface area contributed by atoms with E-state index in [2.05, 4.69) is 195 Å². The van der Waals surface area contributed by atoms with Crippen LogP contribution in [0.3, 0.4) is 0 Å². The van der Waals surface area contributed by atoms with Crippen LogP contribution in [0.15, 0.2) is 211 Å². The maximum Gasteiger partial charge on any atom is 0.248 e. The maximum absolute atomic E-state index is 6.06. The summed E-state index contributed by atoms with van der Waals surface area (Å²) >= 11 is 0. The molecule has 5 heteroatoms. The van der Waals surface area contributed by atoms with Gasteiger partial charge in [-0.2, -0.15) is 0 Å². The number of benzene rings is 9. The van der Waals surface area contributed by atoms with Crippen molar-refractivity contribution in [2.45, 2.75) is 0 Å². The van der Waals surface area contributed by atoms with Gasteiger partial charge in [0.05, 0.1) is 22.1 Å². The lowest BCUT2D eigenvalue weighted by Gasteiger charge is -2.11. The van der Waals surface area contributed by atoms with Crippen LogP contribution in [-0.2, 0) is 0 Å². The number of hydrogen-bond donors (Lipinski definition) is 0. The van der Waals surface area contributed by atoms with Crippen molar-refractivity contribution in [3.8, 4) is 56.5 Å². The van der Waals surface area contributed by atoms with Crippen molar-refractivity contribution in [2.75, 3.05) is 0 Å². The highest BCUT2D eigenvalue weighted by Gasteiger charge is 2.17. The molecule has 5 nitrogen and oxygen atoms in total. The average molecular weight is 755 g/mol. The molecular weight excluding hydrogens is 721 g/mol. The van der Waals surface area contributed by atoms with Gasteiger partial charge in [0.2, 0.25) is 11.8 Å². The molecule has 0 aliphatic heterocycles. The molecule has 3 aromatic heterocycles. The first-order chi connectivity index (χ1) is 29.2. The molecule has 0 fully saturated rings. The fourth-order valence-electron chi connectivity index (χ4n) is 8.82. The van der Waals surface area contributed by atoms with Crippen LogP contribution in [0.5, 0.6) is 0 Å². The molecule has 0 aliphatic carbocycles. The molecule has 59 heavy (non-hydrogen) atoms. The van der Waals surface area contributed by atoms with Crippen molar-refractivity contribution in [1.29, 1.82) is 0 Å². The van der Waals surface area contributed by atoms with E-state index < -0.39 is 0 Å². The number of para-hydroxylation sites is 2. The minimum atomic E-state index is 0.497. The second-order valence-electron chi connectivity index (χ2n) is 15.1. The molecule has 9 aromatic carbocycles. The van der Waals surface area contributed by atoms with Crippen LogP contribution in [0.4, 0.5) is 0 Å². The van der Waals surface area contributed by atoms with E-state index in [-0.39, 0.29) is 0 Å². The molecule has 0 unspecified atom stereocenters. The first-order valence-electron chi connectivity index (χ1n) is 19.9. The number of nitrogens with zero attached hydrogens (tertiary/aromatic N) is 4. The SMILES string of the molecule is c1ccc(-c2nnc(-c3ccc(-n4c5ccccc5c5cc(-c6ccc7c(c6)c6ccccc6n7-c6ccc(-c7ccc8ccccc8c7)cc6)ccc54)cc3)o2)cc1.